The second kappa shape index (κ2) is 6.69. The Balaban J connectivity index is 2.24. The summed E-state index contributed by atoms with van der Waals surface area (Å²) in [5.74, 6) is 0.256. The number of carbonyl (C=O) groups excluding carboxylic acids is 1. The van der Waals surface area contributed by atoms with E-state index in [1.165, 1.54) is 0 Å². The number of carbonyl (C=O) groups is 1. The van der Waals surface area contributed by atoms with E-state index in [4.69, 9.17) is 10.5 Å². The van der Waals surface area contributed by atoms with Crippen LogP contribution in [0, 0.1) is 6.92 Å². The highest BCUT2D eigenvalue weighted by Crippen LogP contribution is 2.28. The molecule has 0 spiro atoms. The molecule has 1 aromatic heterocycles. The molecule has 1 heterocycles. The van der Waals surface area contributed by atoms with E-state index in [2.05, 4.69) is 26.2 Å². The predicted molar refractivity (Wildman–Crippen MR) is 85.2 cm³/mol. The van der Waals surface area contributed by atoms with Gasteiger partial charge >= 0.3 is 0 Å². The molecule has 0 bridgehead atoms. The molecule has 2 rings (SSSR count). The molecule has 0 saturated heterocycles. The summed E-state index contributed by atoms with van der Waals surface area (Å²) >= 11 is 3.37. The Bertz CT molecular complexity index is 661. The summed E-state index contributed by atoms with van der Waals surface area (Å²) in [7, 11) is 1.54. The fourth-order valence-electron chi connectivity index (χ4n) is 1.89. The van der Waals surface area contributed by atoms with Gasteiger partial charge in [-0.25, -0.2) is 0 Å². The highest BCUT2D eigenvalue weighted by molar-refractivity contribution is 9.10. The van der Waals surface area contributed by atoms with Crippen LogP contribution in [0.4, 0.5) is 5.69 Å². The van der Waals surface area contributed by atoms with E-state index in [1.807, 2.05) is 19.1 Å². The third kappa shape index (κ3) is 3.59. The Hall–Kier alpha value is -1.92. The molecule has 0 aliphatic rings. The van der Waals surface area contributed by atoms with Crippen molar-refractivity contribution in [2.45, 2.75) is 13.0 Å². The number of rotatable bonds is 4. The molecule has 110 valence electrons. The van der Waals surface area contributed by atoms with Crippen molar-refractivity contribution in [3.63, 3.8) is 0 Å². The van der Waals surface area contributed by atoms with Crippen LogP contribution in [0.1, 0.15) is 17.2 Å². The van der Waals surface area contributed by atoms with Crippen molar-refractivity contribution in [2.24, 2.45) is 5.73 Å². The van der Waals surface area contributed by atoms with Crippen LogP contribution in [0.25, 0.3) is 0 Å². The van der Waals surface area contributed by atoms with Crippen molar-refractivity contribution in [2.75, 3.05) is 12.4 Å². The zero-order valence-electron chi connectivity index (χ0n) is 11.8. The number of nitrogens with zero attached hydrogens (tertiary/aromatic N) is 1. The molecule has 0 saturated carbocycles. The lowest BCUT2D eigenvalue weighted by atomic mass is 10.1. The highest BCUT2D eigenvalue weighted by atomic mass is 79.9. The lowest BCUT2D eigenvalue weighted by molar-refractivity contribution is -0.117. The number of nitrogens with one attached hydrogen (secondary N) is 1. The van der Waals surface area contributed by atoms with Gasteiger partial charge in [-0.1, -0.05) is 15.9 Å². The maximum absolute atomic E-state index is 12.3. The molecular weight excluding hydrogens is 334 g/mol. The average molecular weight is 350 g/mol. The zero-order chi connectivity index (χ0) is 15.4. The van der Waals surface area contributed by atoms with Crippen LogP contribution in [0.2, 0.25) is 0 Å². The predicted octanol–water partition coefficient (Wildman–Crippen LogP) is 2.80. The van der Waals surface area contributed by atoms with Gasteiger partial charge in [0.1, 0.15) is 11.8 Å². The molecule has 1 atom stereocenters. The van der Waals surface area contributed by atoms with Gasteiger partial charge in [0.15, 0.2) is 0 Å². The van der Waals surface area contributed by atoms with Gasteiger partial charge in [0.2, 0.25) is 5.91 Å². The van der Waals surface area contributed by atoms with Crippen molar-refractivity contribution in [1.29, 1.82) is 0 Å². The summed E-state index contributed by atoms with van der Waals surface area (Å²) in [6.45, 7) is 1.89. The van der Waals surface area contributed by atoms with E-state index in [0.717, 1.165) is 10.0 Å². The number of aryl methyl sites for hydroxylation is 1. The SMILES string of the molecule is COc1ccc(Br)cc1C(N)C(=O)Nc1cnccc1C. The van der Waals surface area contributed by atoms with Gasteiger partial charge < -0.3 is 15.8 Å². The first-order valence-corrected chi connectivity index (χ1v) is 7.12. The number of methoxy groups -OCH3 is 1. The highest BCUT2D eigenvalue weighted by Gasteiger charge is 2.20. The molecule has 6 heteroatoms. The minimum absolute atomic E-state index is 0.317. The number of aromatic nitrogens is 1. The standard InChI is InChI=1S/C15H16BrN3O2/c1-9-5-6-18-8-12(9)19-15(20)14(17)11-7-10(16)3-4-13(11)21-2/h3-8,14H,17H2,1-2H3,(H,19,20). The number of hydrogen-bond donors (Lipinski definition) is 2. The molecule has 5 nitrogen and oxygen atoms in total. The normalized spacial score (nSPS) is 11.8. The van der Waals surface area contributed by atoms with Crippen LogP contribution in [-0.4, -0.2) is 18.0 Å². The first-order valence-electron chi connectivity index (χ1n) is 6.33. The molecule has 0 aliphatic carbocycles. The third-order valence-electron chi connectivity index (χ3n) is 3.11. The van der Waals surface area contributed by atoms with Crippen molar-refractivity contribution < 1.29 is 9.53 Å². The van der Waals surface area contributed by atoms with Gasteiger partial charge in [-0.3, -0.25) is 9.78 Å². The van der Waals surface area contributed by atoms with E-state index in [-0.39, 0.29) is 5.91 Å². The second-order valence-electron chi connectivity index (χ2n) is 4.54. The molecule has 0 radical (unpaired) electrons. The van der Waals surface area contributed by atoms with Gasteiger partial charge in [-0.05, 0) is 36.8 Å². The van der Waals surface area contributed by atoms with Crippen molar-refractivity contribution in [3.05, 3.63) is 52.3 Å². The molecular formula is C15H16BrN3O2. The van der Waals surface area contributed by atoms with Crippen LogP contribution in [0.15, 0.2) is 41.1 Å². The van der Waals surface area contributed by atoms with E-state index in [9.17, 15) is 4.79 Å². The third-order valence-corrected chi connectivity index (χ3v) is 3.60. The van der Waals surface area contributed by atoms with Crippen molar-refractivity contribution >= 4 is 27.5 Å². The van der Waals surface area contributed by atoms with E-state index < -0.39 is 6.04 Å². The van der Waals surface area contributed by atoms with E-state index in [0.29, 0.717) is 17.0 Å². The Morgan fingerprint density at radius 3 is 2.86 bits per heavy atom. The number of amides is 1. The summed E-state index contributed by atoms with van der Waals surface area (Å²) in [5, 5.41) is 2.78. The molecule has 0 fully saturated rings. The molecule has 1 unspecified atom stereocenters. The van der Waals surface area contributed by atoms with Crippen molar-refractivity contribution in [1.82, 2.24) is 4.98 Å². The minimum Gasteiger partial charge on any atom is -0.496 e. The molecule has 1 aromatic carbocycles. The Labute approximate surface area is 131 Å². The number of anilines is 1. The smallest absolute Gasteiger partial charge is 0.246 e. The minimum atomic E-state index is -0.836. The number of hydrogen-bond acceptors (Lipinski definition) is 4. The molecule has 1 amide bonds. The average Bonchev–Trinajstić information content (AvgIpc) is 2.48. The largest absolute Gasteiger partial charge is 0.496 e. The van der Waals surface area contributed by atoms with Gasteiger partial charge in [0.25, 0.3) is 0 Å². The van der Waals surface area contributed by atoms with Gasteiger partial charge in [-0.2, -0.15) is 0 Å². The topological polar surface area (TPSA) is 77.2 Å². The summed E-state index contributed by atoms with van der Waals surface area (Å²) in [4.78, 5) is 16.3. The summed E-state index contributed by atoms with van der Waals surface area (Å²) in [5.41, 5.74) is 8.23. The lowest BCUT2D eigenvalue weighted by Gasteiger charge is -2.16. The van der Waals surface area contributed by atoms with Gasteiger partial charge in [0.05, 0.1) is 19.0 Å². The summed E-state index contributed by atoms with van der Waals surface area (Å²) in [6.07, 6.45) is 3.26. The van der Waals surface area contributed by atoms with Crippen LogP contribution < -0.4 is 15.8 Å². The fourth-order valence-corrected chi connectivity index (χ4v) is 2.27. The number of halogens is 1. The number of ether oxygens (including phenoxy) is 1. The van der Waals surface area contributed by atoms with Crippen LogP contribution in [-0.2, 0) is 4.79 Å². The summed E-state index contributed by atoms with van der Waals surface area (Å²) in [6, 6.07) is 6.36. The zero-order valence-corrected chi connectivity index (χ0v) is 13.3. The van der Waals surface area contributed by atoms with Crippen LogP contribution >= 0.6 is 15.9 Å². The lowest BCUT2D eigenvalue weighted by Crippen LogP contribution is -2.28. The van der Waals surface area contributed by atoms with Gasteiger partial charge in [0, 0.05) is 16.2 Å². The molecule has 0 aliphatic heterocycles. The second-order valence-corrected chi connectivity index (χ2v) is 5.46. The molecule has 3 N–H and O–H groups in total. The fraction of sp³-hybridized carbons (Fsp3) is 0.200. The van der Waals surface area contributed by atoms with E-state index in [1.54, 1.807) is 31.6 Å². The Morgan fingerprint density at radius 1 is 1.43 bits per heavy atom. The summed E-state index contributed by atoms with van der Waals surface area (Å²) < 4.78 is 6.08. The monoisotopic (exact) mass is 349 g/mol. The first kappa shape index (κ1) is 15.5. The number of benzene rings is 1. The molecule has 2 aromatic rings. The van der Waals surface area contributed by atoms with Crippen LogP contribution in [0.3, 0.4) is 0 Å². The van der Waals surface area contributed by atoms with Crippen LogP contribution in [0.5, 0.6) is 5.75 Å². The van der Waals surface area contributed by atoms with E-state index >= 15 is 0 Å². The molecule has 21 heavy (non-hydrogen) atoms. The van der Waals surface area contributed by atoms with Crippen molar-refractivity contribution in [3.8, 4) is 5.75 Å². The first-order chi connectivity index (χ1) is 10.0. The Morgan fingerprint density at radius 2 is 2.19 bits per heavy atom. The maximum atomic E-state index is 12.3. The number of nitrogens with two attached hydrogens (primary N) is 1. The quantitative estimate of drug-likeness (QED) is 0.889. The maximum Gasteiger partial charge on any atom is 0.246 e. The van der Waals surface area contributed by atoms with Gasteiger partial charge in [-0.15, -0.1) is 0 Å². The number of pyridine rings is 1. The Kier molecular flexibility index (Phi) is 4.93.